The van der Waals surface area contributed by atoms with Crippen LogP contribution in [-0.2, 0) is 18.6 Å². The minimum absolute atomic E-state index is 0.000785. The highest BCUT2D eigenvalue weighted by Crippen LogP contribution is 2.28. The fourth-order valence-electron chi connectivity index (χ4n) is 3.33. The average molecular weight is 398 g/mol. The van der Waals surface area contributed by atoms with Gasteiger partial charge in [-0.05, 0) is 63.8 Å². The molecule has 1 aliphatic carbocycles. The van der Waals surface area contributed by atoms with Crippen LogP contribution in [0, 0.1) is 6.92 Å². The van der Waals surface area contributed by atoms with E-state index in [0.717, 1.165) is 59.7 Å². The Balaban J connectivity index is 1.49. The second-order valence-electron chi connectivity index (χ2n) is 6.77. The topological polar surface area (TPSA) is 81.0 Å². The Hall–Kier alpha value is -2.54. The molecular formula is C21H23N3O3S. The molecule has 7 heteroatoms. The molecule has 0 atom stereocenters. The molecule has 0 radical (unpaired) electrons. The van der Waals surface area contributed by atoms with E-state index in [-0.39, 0.29) is 5.56 Å². The lowest BCUT2D eigenvalue weighted by atomic mass is 9.97. The largest absolute Gasteiger partial charge is 0.494 e. The number of nitrogens with one attached hydrogen (secondary N) is 1. The van der Waals surface area contributed by atoms with Gasteiger partial charge in [0.2, 0.25) is 5.89 Å². The van der Waals surface area contributed by atoms with Gasteiger partial charge in [0.25, 0.3) is 5.56 Å². The van der Waals surface area contributed by atoms with Crippen molar-refractivity contribution in [3.63, 3.8) is 0 Å². The van der Waals surface area contributed by atoms with Crippen molar-refractivity contribution in [1.82, 2.24) is 15.0 Å². The van der Waals surface area contributed by atoms with Crippen LogP contribution in [0.5, 0.6) is 5.75 Å². The summed E-state index contributed by atoms with van der Waals surface area (Å²) in [4.78, 5) is 24.5. The number of fused-ring (bicyclic) bond motifs is 1. The number of thioether (sulfide) groups is 1. The normalized spacial score (nSPS) is 13.4. The zero-order valence-corrected chi connectivity index (χ0v) is 16.9. The second-order valence-corrected chi connectivity index (χ2v) is 7.74. The predicted molar refractivity (Wildman–Crippen MR) is 109 cm³/mol. The first-order chi connectivity index (χ1) is 13.6. The van der Waals surface area contributed by atoms with Gasteiger partial charge in [-0.25, -0.2) is 9.97 Å². The highest BCUT2D eigenvalue weighted by Gasteiger charge is 2.17. The summed E-state index contributed by atoms with van der Waals surface area (Å²) in [5.41, 5.74) is 3.56. The summed E-state index contributed by atoms with van der Waals surface area (Å²) in [7, 11) is 0. The SMILES string of the molecule is CCOc1ccc(-c2nc(CSc3nc4c(c(=O)[nH]3)CCCC4)c(C)o2)cc1. The van der Waals surface area contributed by atoms with Gasteiger partial charge in [-0.15, -0.1) is 0 Å². The van der Waals surface area contributed by atoms with Crippen molar-refractivity contribution in [2.45, 2.75) is 50.4 Å². The number of hydrogen-bond donors (Lipinski definition) is 1. The maximum Gasteiger partial charge on any atom is 0.254 e. The number of aromatic amines is 1. The molecule has 1 N–H and O–H groups in total. The molecule has 3 aromatic rings. The van der Waals surface area contributed by atoms with Crippen LogP contribution >= 0.6 is 11.8 Å². The molecule has 0 saturated heterocycles. The quantitative estimate of drug-likeness (QED) is 0.493. The van der Waals surface area contributed by atoms with E-state index in [9.17, 15) is 4.79 Å². The van der Waals surface area contributed by atoms with Gasteiger partial charge in [-0.1, -0.05) is 11.8 Å². The molecule has 0 amide bonds. The highest BCUT2D eigenvalue weighted by molar-refractivity contribution is 7.98. The van der Waals surface area contributed by atoms with Crippen molar-refractivity contribution in [1.29, 1.82) is 0 Å². The van der Waals surface area contributed by atoms with Gasteiger partial charge in [0, 0.05) is 16.9 Å². The molecule has 1 aliphatic rings. The molecule has 0 unspecified atom stereocenters. The second kappa shape index (κ2) is 8.22. The fraction of sp³-hybridized carbons (Fsp3) is 0.381. The number of oxazole rings is 1. The Kier molecular flexibility index (Phi) is 5.52. The predicted octanol–water partition coefficient (Wildman–Crippen LogP) is 4.30. The van der Waals surface area contributed by atoms with Gasteiger partial charge in [0.15, 0.2) is 5.16 Å². The standard InChI is InChI=1S/C21H23N3O3S/c1-3-26-15-10-8-14(9-11-15)20-22-18(13(2)27-20)12-28-21-23-17-7-5-4-6-16(17)19(25)24-21/h8-11H,3-7,12H2,1-2H3,(H,23,24,25). The van der Waals surface area contributed by atoms with Crippen LogP contribution in [0.1, 0.15) is 42.5 Å². The van der Waals surface area contributed by atoms with E-state index < -0.39 is 0 Å². The van der Waals surface area contributed by atoms with Crippen molar-refractivity contribution in [2.75, 3.05) is 6.61 Å². The van der Waals surface area contributed by atoms with Crippen LogP contribution in [0.2, 0.25) is 0 Å². The molecule has 4 rings (SSSR count). The molecule has 1 aromatic carbocycles. The summed E-state index contributed by atoms with van der Waals surface area (Å²) >= 11 is 1.48. The molecule has 6 nitrogen and oxygen atoms in total. The van der Waals surface area contributed by atoms with E-state index in [1.807, 2.05) is 38.1 Å². The average Bonchev–Trinajstić information content (AvgIpc) is 3.08. The number of aromatic nitrogens is 3. The van der Waals surface area contributed by atoms with E-state index in [0.29, 0.717) is 23.4 Å². The highest BCUT2D eigenvalue weighted by atomic mass is 32.2. The number of aryl methyl sites for hydroxylation is 2. The van der Waals surface area contributed by atoms with E-state index >= 15 is 0 Å². The maximum absolute atomic E-state index is 12.3. The van der Waals surface area contributed by atoms with Gasteiger partial charge in [0.05, 0.1) is 18.0 Å². The van der Waals surface area contributed by atoms with Crippen LogP contribution in [-0.4, -0.2) is 21.6 Å². The number of nitrogens with zero attached hydrogens (tertiary/aromatic N) is 2. The summed E-state index contributed by atoms with van der Waals surface area (Å²) in [6.45, 7) is 4.50. The summed E-state index contributed by atoms with van der Waals surface area (Å²) in [6, 6.07) is 7.70. The number of benzene rings is 1. The third kappa shape index (κ3) is 3.99. The van der Waals surface area contributed by atoms with Gasteiger partial charge in [-0.2, -0.15) is 0 Å². The summed E-state index contributed by atoms with van der Waals surface area (Å²) in [6.07, 6.45) is 3.88. The number of H-pyrrole nitrogens is 1. The Morgan fingerprint density at radius 3 is 2.75 bits per heavy atom. The minimum Gasteiger partial charge on any atom is -0.494 e. The van der Waals surface area contributed by atoms with Crippen molar-refractivity contribution in [2.24, 2.45) is 0 Å². The molecule has 146 valence electrons. The molecule has 0 aliphatic heterocycles. The zero-order valence-electron chi connectivity index (χ0n) is 16.1. The molecule has 2 heterocycles. The molecular weight excluding hydrogens is 374 g/mol. The summed E-state index contributed by atoms with van der Waals surface area (Å²) < 4.78 is 11.3. The van der Waals surface area contributed by atoms with Crippen LogP contribution in [0.25, 0.3) is 11.5 Å². The molecule has 0 fully saturated rings. The maximum atomic E-state index is 12.3. The van der Waals surface area contributed by atoms with Crippen LogP contribution in [0.3, 0.4) is 0 Å². The van der Waals surface area contributed by atoms with Crippen LogP contribution < -0.4 is 10.3 Å². The Labute approximate surface area is 167 Å². The molecule has 0 spiro atoms. The van der Waals surface area contributed by atoms with E-state index in [4.69, 9.17) is 9.15 Å². The smallest absolute Gasteiger partial charge is 0.254 e. The molecule has 28 heavy (non-hydrogen) atoms. The van der Waals surface area contributed by atoms with E-state index in [1.165, 1.54) is 11.8 Å². The molecule has 2 aromatic heterocycles. The lowest BCUT2D eigenvalue weighted by Gasteiger charge is -2.14. The van der Waals surface area contributed by atoms with Crippen LogP contribution in [0.15, 0.2) is 38.6 Å². The minimum atomic E-state index is -0.000785. The van der Waals surface area contributed by atoms with Gasteiger partial charge in [-0.3, -0.25) is 4.79 Å². The number of hydrogen-bond acceptors (Lipinski definition) is 6. The van der Waals surface area contributed by atoms with Crippen molar-refractivity contribution in [3.8, 4) is 17.2 Å². The lowest BCUT2D eigenvalue weighted by molar-refractivity contribution is 0.340. The van der Waals surface area contributed by atoms with Crippen molar-refractivity contribution >= 4 is 11.8 Å². The van der Waals surface area contributed by atoms with Gasteiger partial charge >= 0.3 is 0 Å². The van der Waals surface area contributed by atoms with Gasteiger partial charge in [0.1, 0.15) is 11.5 Å². The van der Waals surface area contributed by atoms with E-state index in [2.05, 4.69) is 15.0 Å². The summed E-state index contributed by atoms with van der Waals surface area (Å²) in [5.74, 6) is 2.78. The Morgan fingerprint density at radius 2 is 1.96 bits per heavy atom. The first-order valence-electron chi connectivity index (χ1n) is 9.58. The molecule has 0 saturated carbocycles. The number of ether oxygens (including phenoxy) is 1. The third-order valence-electron chi connectivity index (χ3n) is 4.82. The van der Waals surface area contributed by atoms with Crippen molar-refractivity contribution in [3.05, 3.63) is 57.3 Å². The first-order valence-corrected chi connectivity index (χ1v) is 10.6. The monoisotopic (exact) mass is 397 g/mol. The Morgan fingerprint density at radius 1 is 1.18 bits per heavy atom. The zero-order chi connectivity index (χ0) is 19.5. The van der Waals surface area contributed by atoms with Gasteiger partial charge < -0.3 is 14.1 Å². The van der Waals surface area contributed by atoms with E-state index in [1.54, 1.807) is 0 Å². The van der Waals surface area contributed by atoms with Crippen LogP contribution in [0.4, 0.5) is 0 Å². The number of rotatable bonds is 6. The third-order valence-corrected chi connectivity index (χ3v) is 5.70. The fourth-order valence-corrected chi connectivity index (χ4v) is 4.21. The lowest BCUT2D eigenvalue weighted by Crippen LogP contribution is -2.21. The Bertz CT molecular complexity index is 1020. The molecule has 0 bridgehead atoms. The summed E-state index contributed by atoms with van der Waals surface area (Å²) in [5, 5.41) is 0.649. The van der Waals surface area contributed by atoms with Crippen molar-refractivity contribution < 1.29 is 9.15 Å². The first kappa shape index (κ1) is 18.8.